The molecule has 0 radical (unpaired) electrons. The van der Waals surface area contributed by atoms with Crippen LogP contribution in [0.1, 0.15) is 35.1 Å². The van der Waals surface area contributed by atoms with E-state index in [1.54, 1.807) is 11.3 Å². The van der Waals surface area contributed by atoms with Gasteiger partial charge < -0.3 is 14.6 Å². The highest BCUT2D eigenvalue weighted by Gasteiger charge is 2.20. The largest absolute Gasteiger partial charge is 0.376 e. The number of carbonyl (C=O) groups excluding carboxylic acids is 1. The number of carbonyl (C=O) groups is 1. The summed E-state index contributed by atoms with van der Waals surface area (Å²) in [5.41, 5.74) is 2.87. The van der Waals surface area contributed by atoms with Gasteiger partial charge in [0.2, 0.25) is 0 Å². The summed E-state index contributed by atoms with van der Waals surface area (Å²) in [6.45, 7) is 10.1. The van der Waals surface area contributed by atoms with Crippen molar-refractivity contribution in [2.45, 2.75) is 39.3 Å². The van der Waals surface area contributed by atoms with Crippen molar-refractivity contribution in [3.05, 3.63) is 34.9 Å². The van der Waals surface area contributed by atoms with Gasteiger partial charge in [0.05, 0.1) is 16.3 Å². The van der Waals surface area contributed by atoms with Crippen LogP contribution in [0.15, 0.2) is 24.3 Å². The Labute approximate surface area is 134 Å². The van der Waals surface area contributed by atoms with Crippen LogP contribution in [0.2, 0.25) is 0 Å². The summed E-state index contributed by atoms with van der Waals surface area (Å²) in [6, 6.07) is 4.13. The number of hydrogen-bond acceptors (Lipinski definition) is 3. The maximum absolute atomic E-state index is 12.5. The molecule has 0 saturated carbocycles. The van der Waals surface area contributed by atoms with Crippen molar-refractivity contribution in [1.82, 2.24) is 9.88 Å². The Morgan fingerprint density at radius 2 is 2.36 bits per heavy atom. The second kappa shape index (κ2) is 6.26. The maximum atomic E-state index is 12.5. The number of ether oxygens (including phenoxy) is 1. The van der Waals surface area contributed by atoms with E-state index in [1.165, 1.54) is 4.88 Å². The fourth-order valence-corrected chi connectivity index (χ4v) is 3.86. The van der Waals surface area contributed by atoms with Crippen molar-refractivity contribution in [2.24, 2.45) is 0 Å². The zero-order chi connectivity index (χ0) is 15.7. The number of fused-ring (bicyclic) bond motifs is 1. The smallest absolute Gasteiger partial charge is 0.268 e. The molecule has 118 valence electrons. The Morgan fingerprint density at radius 3 is 3.05 bits per heavy atom. The molecule has 0 aromatic carbocycles. The SMILES string of the molecule is C=C(C)Cn1c(C(=O)NCC2CCCO2)cc2sc(C)cc21. The second-order valence-electron chi connectivity index (χ2n) is 6.02. The third-order valence-corrected chi connectivity index (χ3v) is 4.87. The number of aromatic nitrogens is 1. The zero-order valence-corrected chi connectivity index (χ0v) is 14.0. The number of rotatable bonds is 5. The molecule has 1 amide bonds. The van der Waals surface area contributed by atoms with Gasteiger partial charge in [-0.1, -0.05) is 12.2 Å². The van der Waals surface area contributed by atoms with Crippen LogP contribution >= 0.6 is 11.3 Å². The topological polar surface area (TPSA) is 43.3 Å². The molecule has 1 atom stereocenters. The molecule has 4 nitrogen and oxygen atoms in total. The van der Waals surface area contributed by atoms with E-state index in [-0.39, 0.29) is 12.0 Å². The molecule has 1 fully saturated rings. The minimum atomic E-state index is -0.0298. The monoisotopic (exact) mass is 318 g/mol. The average Bonchev–Trinajstić information content (AvgIpc) is 3.14. The number of amides is 1. The molecular formula is C17H22N2O2S. The lowest BCUT2D eigenvalue weighted by Crippen LogP contribution is -2.33. The Hall–Kier alpha value is -1.59. The first-order valence-electron chi connectivity index (χ1n) is 7.68. The van der Waals surface area contributed by atoms with Gasteiger partial charge >= 0.3 is 0 Å². The van der Waals surface area contributed by atoms with E-state index in [1.807, 2.05) is 13.0 Å². The highest BCUT2D eigenvalue weighted by molar-refractivity contribution is 7.19. The van der Waals surface area contributed by atoms with Gasteiger partial charge in [-0.15, -0.1) is 11.3 Å². The standard InChI is InChI=1S/C17H22N2O2S/c1-11(2)10-19-14-7-12(3)22-16(14)8-15(19)17(20)18-9-13-5-4-6-21-13/h7-8,13H,1,4-6,9-10H2,2-3H3,(H,18,20). The van der Waals surface area contributed by atoms with Gasteiger partial charge in [-0.25, -0.2) is 0 Å². The Kier molecular flexibility index (Phi) is 4.36. The van der Waals surface area contributed by atoms with Gasteiger partial charge in [-0.05, 0) is 38.8 Å². The summed E-state index contributed by atoms with van der Waals surface area (Å²) in [5.74, 6) is -0.0298. The lowest BCUT2D eigenvalue weighted by molar-refractivity contribution is 0.0851. The molecular weight excluding hydrogens is 296 g/mol. The minimum Gasteiger partial charge on any atom is -0.376 e. The second-order valence-corrected chi connectivity index (χ2v) is 7.31. The Bertz CT molecular complexity index is 708. The number of hydrogen-bond donors (Lipinski definition) is 1. The molecule has 0 aliphatic carbocycles. The normalized spacial score (nSPS) is 18.0. The van der Waals surface area contributed by atoms with E-state index in [4.69, 9.17) is 4.74 Å². The van der Waals surface area contributed by atoms with Crippen LogP contribution in [0.25, 0.3) is 10.2 Å². The van der Waals surface area contributed by atoms with Gasteiger partial charge in [0.15, 0.2) is 0 Å². The van der Waals surface area contributed by atoms with Crippen molar-refractivity contribution in [3.63, 3.8) is 0 Å². The van der Waals surface area contributed by atoms with Gasteiger partial charge in [0.1, 0.15) is 5.69 Å². The quantitative estimate of drug-likeness (QED) is 0.858. The Balaban J connectivity index is 1.82. The van der Waals surface area contributed by atoms with E-state index in [9.17, 15) is 4.79 Å². The molecule has 0 bridgehead atoms. The van der Waals surface area contributed by atoms with Crippen molar-refractivity contribution >= 4 is 27.5 Å². The highest BCUT2D eigenvalue weighted by Crippen LogP contribution is 2.29. The van der Waals surface area contributed by atoms with Crippen LogP contribution in [0.5, 0.6) is 0 Å². The van der Waals surface area contributed by atoms with Crippen LogP contribution in [-0.2, 0) is 11.3 Å². The third kappa shape index (κ3) is 3.10. The molecule has 1 saturated heterocycles. The van der Waals surface area contributed by atoms with Crippen molar-refractivity contribution in [2.75, 3.05) is 13.2 Å². The molecule has 0 spiro atoms. The molecule has 1 aliphatic heterocycles. The molecule has 1 N–H and O–H groups in total. The van der Waals surface area contributed by atoms with Crippen LogP contribution in [0.3, 0.4) is 0 Å². The third-order valence-electron chi connectivity index (χ3n) is 3.89. The predicted molar refractivity (Wildman–Crippen MR) is 90.7 cm³/mol. The number of nitrogens with one attached hydrogen (secondary N) is 1. The molecule has 3 heterocycles. The lowest BCUT2D eigenvalue weighted by Gasteiger charge is -2.13. The summed E-state index contributed by atoms with van der Waals surface area (Å²) in [5, 5.41) is 3.01. The fourth-order valence-electron chi connectivity index (χ4n) is 2.90. The van der Waals surface area contributed by atoms with Gasteiger partial charge in [-0.3, -0.25) is 4.79 Å². The number of nitrogens with zero attached hydrogens (tertiary/aromatic N) is 1. The number of allylic oxidation sites excluding steroid dienone is 1. The van der Waals surface area contributed by atoms with Crippen LogP contribution in [0, 0.1) is 6.92 Å². The molecule has 1 aliphatic rings. The fraction of sp³-hybridized carbons (Fsp3) is 0.471. The van der Waals surface area contributed by atoms with Crippen LogP contribution < -0.4 is 5.32 Å². The maximum Gasteiger partial charge on any atom is 0.268 e. The van der Waals surface area contributed by atoms with Gasteiger partial charge in [0, 0.05) is 24.6 Å². The average molecular weight is 318 g/mol. The summed E-state index contributed by atoms with van der Waals surface area (Å²) in [7, 11) is 0. The molecule has 2 aromatic rings. The Morgan fingerprint density at radius 1 is 1.55 bits per heavy atom. The summed E-state index contributed by atoms with van der Waals surface area (Å²) < 4.78 is 8.78. The molecule has 5 heteroatoms. The zero-order valence-electron chi connectivity index (χ0n) is 13.1. The summed E-state index contributed by atoms with van der Waals surface area (Å²) in [6.07, 6.45) is 2.28. The lowest BCUT2D eigenvalue weighted by atomic mass is 10.2. The molecule has 1 unspecified atom stereocenters. The van der Waals surface area contributed by atoms with Crippen molar-refractivity contribution < 1.29 is 9.53 Å². The molecule has 2 aromatic heterocycles. The predicted octanol–water partition coefficient (Wildman–Crippen LogP) is 3.50. The van der Waals surface area contributed by atoms with E-state index >= 15 is 0 Å². The first kappa shape index (κ1) is 15.3. The van der Waals surface area contributed by atoms with Crippen molar-refractivity contribution in [3.8, 4) is 0 Å². The molecule has 22 heavy (non-hydrogen) atoms. The summed E-state index contributed by atoms with van der Waals surface area (Å²) in [4.78, 5) is 13.8. The first-order chi connectivity index (χ1) is 10.5. The van der Waals surface area contributed by atoms with Crippen LogP contribution in [0.4, 0.5) is 0 Å². The number of thiophene rings is 1. The van der Waals surface area contributed by atoms with Gasteiger partial charge in [-0.2, -0.15) is 0 Å². The van der Waals surface area contributed by atoms with Gasteiger partial charge in [0.25, 0.3) is 5.91 Å². The van der Waals surface area contributed by atoms with E-state index in [0.29, 0.717) is 18.8 Å². The number of aryl methyl sites for hydroxylation is 1. The van der Waals surface area contributed by atoms with Crippen molar-refractivity contribution in [1.29, 1.82) is 0 Å². The summed E-state index contributed by atoms with van der Waals surface area (Å²) >= 11 is 1.72. The van der Waals surface area contributed by atoms with E-state index in [0.717, 1.165) is 35.2 Å². The first-order valence-corrected chi connectivity index (χ1v) is 8.50. The minimum absolute atomic E-state index is 0.0298. The molecule has 3 rings (SSSR count). The highest BCUT2D eigenvalue weighted by atomic mass is 32.1. The van der Waals surface area contributed by atoms with E-state index < -0.39 is 0 Å². The van der Waals surface area contributed by atoms with E-state index in [2.05, 4.69) is 29.5 Å². The van der Waals surface area contributed by atoms with Crippen LogP contribution in [-0.4, -0.2) is 29.7 Å².